The quantitative estimate of drug-likeness (QED) is 0.731. The normalized spacial score (nSPS) is 11.3. The van der Waals surface area contributed by atoms with Gasteiger partial charge in [0, 0.05) is 23.6 Å². The van der Waals surface area contributed by atoms with E-state index in [4.69, 9.17) is 5.73 Å². The number of pyridine rings is 1. The Labute approximate surface area is 144 Å². The van der Waals surface area contributed by atoms with E-state index in [2.05, 4.69) is 15.3 Å². The number of rotatable bonds is 4. The second-order valence-corrected chi connectivity index (χ2v) is 6.00. The summed E-state index contributed by atoms with van der Waals surface area (Å²) in [7, 11) is 0. The Balaban J connectivity index is 1.90. The van der Waals surface area contributed by atoms with Crippen LogP contribution in [0.5, 0.6) is 0 Å². The number of anilines is 2. The van der Waals surface area contributed by atoms with Gasteiger partial charge in [-0.1, -0.05) is 11.3 Å². The highest BCUT2D eigenvalue weighted by atomic mass is 32.1. The number of primary amides is 1. The number of nitrogens with two attached hydrogens (primary N) is 1. The maximum Gasteiger partial charge on any atom is 0.416 e. The number of nitrogens with one attached hydrogen (secondary N) is 1. The van der Waals surface area contributed by atoms with Crippen LogP contribution in [0.4, 0.5) is 24.0 Å². The third-order valence-electron chi connectivity index (χ3n) is 3.25. The van der Waals surface area contributed by atoms with Crippen LogP contribution in [0.3, 0.4) is 0 Å². The van der Waals surface area contributed by atoms with Crippen molar-refractivity contribution in [1.29, 1.82) is 0 Å². The molecule has 128 valence electrons. The molecule has 1 amide bonds. The zero-order valence-electron chi connectivity index (χ0n) is 12.5. The van der Waals surface area contributed by atoms with E-state index in [1.807, 2.05) is 0 Å². The summed E-state index contributed by atoms with van der Waals surface area (Å²) >= 11 is 1.02. The first kappa shape index (κ1) is 16.9. The van der Waals surface area contributed by atoms with Crippen LogP contribution in [-0.2, 0) is 6.18 Å². The van der Waals surface area contributed by atoms with Gasteiger partial charge < -0.3 is 11.1 Å². The predicted molar refractivity (Wildman–Crippen MR) is 88.6 cm³/mol. The summed E-state index contributed by atoms with van der Waals surface area (Å²) in [6.07, 6.45) is -1.27. The van der Waals surface area contributed by atoms with E-state index < -0.39 is 17.6 Å². The number of halogens is 3. The number of hydrogen-bond acceptors (Lipinski definition) is 5. The fourth-order valence-corrected chi connectivity index (χ4v) is 2.97. The highest BCUT2D eigenvalue weighted by Crippen LogP contribution is 2.33. The van der Waals surface area contributed by atoms with Crippen molar-refractivity contribution in [3.05, 3.63) is 59.2 Å². The van der Waals surface area contributed by atoms with Gasteiger partial charge in [0.1, 0.15) is 4.88 Å². The molecule has 3 N–H and O–H groups in total. The van der Waals surface area contributed by atoms with Gasteiger partial charge in [-0.25, -0.2) is 4.98 Å². The average molecular weight is 364 g/mol. The van der Waals surface area contributed by atoms with E-state index in [0.29, 0.717) is 22.1 Å². The van der Waals surface area contributed by atoms with Gasteiger partial charge in [0.15, 0.2) is 5.13 Å². The van der Waals surface area contributed by atoms with Gasteiger partial charge in [0.25, 0.3) is 5.91 Å². The summed E-state index contributed by atoms with van der Waals surface area (Å²) in [5.74, 6) is -0.642. The zero-order chi connectivity index (χ0) is 18.0. The third-order valence-corrected chi connectivity index (χ3v) is 4.23. The van der Waals surface area contributed by atoms with Crippen LogP contribution in [0.1, 0.15) is 15.2 Å². The van der Waals surface area contributed by atoms with Crippen molar-refractivity contribution in [1.82, 2.24) is 9.97 Å². The van der Waals surface area contributed by atoms with E-state index in [-0.39, 0.29) is 4.88 Å². The average Bonchev–Trinajstić information content (AvgIpc) is 2.99. The summed E-state index contributed by atoms with van der Waals surface area (Å²) in [5.41, 5.74) is 6.05. The second kappa shape index (κ2) is 6.52. The van der Waals surface area contributed by atoms with Crippen molar-refractivity contribution in [3.63, 3.8) is 0 Å². The van der Waals surface area contributed by atoms with Crippen LogP contribution in [0.2, 0.25) is 0 Å². The molecule has 0 aliphatic heterocycles. The van der Waals surface area contributed by atoms with E-state index in [9.17, 15) is 18.0 Å². The SMILES string of the molecule is NC(=O)c1sc(Nc2ccc(C(F)(F)F)cc2)nc1-c1cccnc1. The predicted octanol–water partition coefficient (Wildman–Crippen LogP) is 4.07. The standard InChI is InChI=1S/C16H11F3N4OS/c17-16(18,19)10-3-5-11(6-4-10)22-15-23-12(13(25-15)14(20)24)9-2-1-7-21-8-9/h1-8H,(H2,20,24)(H,22,23). The Morgan fingerprint density at radius 2 is 1.88 bits per heavy atom. The Hall–Kier alpha value is -2.94. The molecule has 2 heterocycles. The first-order valence-corrected chi connectivity index (χ1v) is 7.81. The molecular formula is C16H11F3N4OS. The zero-order valence-corrected chi connectivity index (χ0v) is 13.4. The van der Waals surface area contributed by atoms with Gasteiger partial charge in [-0.3, -0.25) is 9.78 Å². The van der Waals surface area contributed by atoms with Crippen molar-refractivity contribution < 1.29 is 18.0 Å². The summed E-state index contributed by atoms with van der Waals surface area (Å²) in [6.45, 7) is 0. The van der Waals surface area contributed by atoms with Crippen LogP contribution >= 0.6 is 11.3 Å². The fourth-order valence-electron chi connectivity index (χ4n) is 2.11. The van der Waals surface area contributed by atoms with Gasteiger partial charge in [-0.2, -0.15) is 13.2 Å². The molecule has 5 nitrogen and oxygen atoms in total. The summed E-state index contributed by atoms with van der Waals surface area (Å²) in [6, 6.07) is 7.94. The molecule has 1 aromatic carbocycles. The van der Waals surface area contributed by atoms with Crippen LogP contribution in [0.15, 0.2) is 48.8 Å². The molecule has 0 aliphatic carbocycles. The van der Waals surface area contributed by atoms with Crippen molar-refractivity contribution >= 4 is 28.1 Å². The molecule has 9 heteroatoms. The minimum Gasteiger partial charge on any atom is -0.365 e. The van der Waals surface area contributed by atoms with E-state index in [1.165, 1.54) is 12.1 Å². The lowest BCUT2D eigenvalue weighted by Crippen LogP contribution is -2.10. The van der Waals surface area contributed by atoms with Crippen molar-refractivity contribution in [2.75, 3.05) is 5.32 Å². The number of carbonyl (C=O) groups is 1. The number of nitrogens with zero attached hydrogens (tertiary/aromatic N) is 2. The Morgan fingerprint density at radius 3 is 2.44 bits per heavy atom. The highest BCUT2D eigenvalue weighted by molar-refractivity contribution is 7.18. The highest BCUT2D eigenvalue weighted by Gasteiger charge is 2.30. The molecule has 0 atom stereocenters. The lowest BCUT2D eigenvalue weighted by atomic mass is 10.2. The topological polar surface area (TPSA) is 80.9 Å². The smallest absolute Gasteiger partial charge is 0.365 e. The number of amides is 1. The first-order valence-electron chi connectivity index (χ1n) is 7.00. The van der Waals surface area contributed by atoms with Gasteiger partial charge >= 0.3 is 6.18 Å². The Kier molecular flexibility index (Phi) is 4.41. The van der Waals surface area contributed by atoms with Gasteiger partial charge in [-0.15, -0.1) is 0 Å². The van der Waals surface area contributed by atoms with E-state index in [1.54, 1.807) is 24.5 Å². The molecule has 0 aliphatic rings. The van der Waals surface area contributed by atoms with Crippen molar-refractivity contribution in [2.45, 2.75) is 6.18 Å². The van der Waals surface area contributed by atoms with Gasteiger partial charge in [-0.05, 0) is 36.4 Å². The monoisotopic (exact) mass is 364 g/mol. The van der Waals surface area contributed by atoms with Crippen molar-refractivity contribution in [3.8, 4) is 11.3 Å². The van der Waals surface area contributed by atoms with Gasteiger partial charge in [0.2, 0.25) is 0 Å². The molecule has 0 bridgehead atoms. The molecule has 0 spiro atoms. The van der Waals surface area contributed by atoms with E-state index >= 15 is 0 Å². The number of aromatic nitrogens is 2. The van der Waals surface area contributed by atoms with Crippen LogP contribution in [0.25, 0.3) is 11.3 Å². The molecule has 3 rings (SSSR count). The minimum absolute atomic E-state index is 0.238. The summed E-state index contributed by atoms with van der Waals surface area (Å²) in [4.78, 5) is 20.2. The second-order valence-electron chi connectivity index (χ2n) is 5.00. The Bertz CT molecular complexity index is 892. The number of alkyl halides is 3. The lowest BCUT2D eigenvalue weighted by Gasteiger charge is -2.07. The molecule has 2 aromatic heterocycles. The largest absolute Gasteiger partial charge is 0.416 e. The van der Waals surface area contributed by atoms with E-state index in [0.717, 1.165) is 23.5 Å². The molecule has 0 fully saturated rings. The first-order chi connectivity index (χ1) is 11.8. The maximum absolute atomic E-state index is 12.6. The molecule has 0 saturated heterocycles. The Morgan fingerprint density at radius 1 is 1.16 bits per heavy atom. The van der Waals surface area contributed by atoms with Gasteiger partial charge in [0.05, 0.1) is 11.3 Å². The molecule has 3 aromatic rings. The summed E-state index contributed by atoms with van der Waals surface area (Å²) in [5, 5.41) is 3.22. The number of benzene rings is 1. The molecule has 0 unspecified atom stereocenters. The van der Waals surface area contributed by atoms with Crippen LogP contribution in [-0.4, -0.2) is 15.9 Å². The van der Waals surface area contributed by atoms with Crippen LogP contribution in [0, 0.1) is 0 Å². The molecule has 0 saturated carbocycles. The number of hydrogen-bond donors (Lipinski definition) is 2. The van der Waals surface area contributed by atoms with Crippen LogP contribution < -0.4 is 11.1 Å². The maximum atomic E-state index is 12.6. The minimum atomic E-state index is -4.40. The lowest BCUT2D eigenvalue weighted by molar-refractivity contribution is -0.137. The number of carbonyl (C=O) groups excluding carboxylic acids is 1. The molecule has 25 heavy (non-hydrogen) atoms. The number of thiazole rings is 1. The fraction of sp³-hybridized carbons (Fsp3) is 0.0625. The molecule has 0 radical (unpaired) electrons. The third kappa shape index (κ3) is 3.77. The summed E-state index contributed by atoms with van der Waals surface area (Å²) < 4.78 is 37.8. The molecular weight excluding hydrogens is 353 g/mol. The van der Waals surface area contributed by atoms with Crippen molar-refractivity contribution in [2.24, 2.45) is 5.73 Å².